The van der Waals surface area contributed by atoms with Crippen LogP contribution in [0.25, 0.3) is 0 Å². The standard InChI is InChI=1S/C15H22N2O3/c1-2-3-4-5-9-15(18)16-11-10-13-7-6-8-14(12-13)17(19)20/h6-8,12H,2-5,9-11H2,1H3,(H,16,18). The monoisotopic (exact) mass is 278 g/mol. The number of unbranched alkanes of at least 4 members (excludes halogenated alkanes) is 3. The number of nitro groups is 1. The van der Waals surface area contributed by atoms with E-state index in [1.807, 2.05) is 6.07 Å². The van der Waals surface area contributed by atoms with Crippen molar-refractivity contribution in [2.24, 2.45) is 0 Å². The molecule has 0 aliphatic carbocycles. The summed E-state index contributed by atoms with van der Waals surface area (Å²) >= 11 is 0. The third-order valence-electron chi connectivity index (χ3n) is 3.11. The summed E-state index contributed by atoms with van der Waals surface area (Å²) in [5.41, 5.74) is 0.957. The fraction of sp³-hybridized carbons (Fsp3) is 0.533. The summed E-state index contributed by atoms with van der Waals surface area (Å²) in [6.07, 6.45) is 5.53. The fourth-order valence-electron chi connectivity index (χ4n) is 1.97. The van der Waals surface area contributed by atoms with Crippen LogP contribution >= 0.6 is 0 Å². The number of carbonyl (C=O) groups is 1. The van der Waals surface area contributed by atoms with Gasteiger partial charge in [-0.1, -0.05) is 38.3 Å². The summed E-state index contributed by atoms with van der Waals surface area (Å²) in [5.74, 6) is 0.0616. The van der Waals surface area contributed by atoms with Gasteiger partial charge in [-0.25, -0.2) is 0 Å². The number of nitro benzene ring substituents is 1. The number of amides is 1. The molecule has 0 bridgehead atoms. The first kappa shape index (κ1) is 16.1. The Kier molecular flexibility index (Phi) is 7.32. The van der Waals surface area contributed by atoms with Gasteiger partial charge in [0, 0.05) is 25.1 Å². The second-order valence-electron chi connectivity index (χ2n) is 4.84. The van der Waals surface area contributed by atoms with E-state index in [1.165, 1.54) is 12.5 Å². The maximum Gasteiger partial charge on any atom is 0.269 e. The Hall–Kier alpha value is -1.91. The van der Waals surface area contributed by atoms with E-state index in [4.69, 9.17) is 0 Å². The minimum atomic E-state index is -0.407. The van der Waals surface area contributed by atoms with Crippen LogP contribution in [0.15, 0.2) is 24.3 Å². The lowest BCUT2D eigenvalue weighted by molar-refractivity contribution is -0.384. The summed E-state index contributed by atoms with van der Waals surface area (Å²) in [4.78, 5) is 21.8. The molecular weight excluding hydrogens is 256 g/mol. The van der Waals surface area contributed by atoms with E-state index in [2.05, 4.69) is 12.2 Å². The fourth-order valence-corrected chi connectivity index (χ4v) is 1.97. The van der Waals surface area contributed by atoms with Crippen molar-refractivity contribution in [1.29, 1.82) is 0 Å². The molecule has 0 aromatic heterocycles. The van der Waals surface area contributed by atoms with Gasteiger partial charge in [-0.2, -0.15) is 0 Å². The van der Waals surface area contributed by atoms with Crippen LogP contribution in [-0.4, -0.2) is 17.4 Å². The lowest BCUT2D eigenvalue weighted by Crippen LogP contribution is -2.25. The minimum absolute atomic E-state index is 0.0616. The molecule has 0 atom stereocenters. The first-order valence-corrected chi connectivity index (χ1v) is 7.13. The first-order chi connectivity index (χ1) is 9.63. The molecule has 0 saturated heterocycles. The molecule has 0 fully saturated rings. The number of rotatable bonds is 9. The topological polar surface area (TPSA) is 72.2 Å². The lowest BCUT2D eigenvalue weighted by atomic mass is 10.1. The van der Waals surface area contributed by atoms with E-state index in [0.29, 0.717) is 19.4 Å². The number of nitrogens with one attached hydrogen (secondary N) is 1. The summed E-state index contributed by atoms with van der Waals surface area (Å²) in [6, 6.07) is 6.52. The maximum absolute atomic E-state index is 11.6. The molecule has 110 valence electrons. The Labute approximate surface area is 119 Å². The van der Waals surface area contributed by atoms with E-state index in [9.17, 15) is 14.9 Å². The normalized spacial score (nSPS) is 10.2. The number of nitrogens with zero attached hydrogens (tertiary/aromatic N) is 1. The van der Waals surface area contributed by atoms with Crippen LogP contribution in [0, 0.1) is 10.1 Å². The second kappa shape index (κ2) is 9.07. The van der Waals surface area contributed by atoms with Gasteiger partial charge in [0.15, 0.2) is 0 Å². The van der Waals surface area contributed by atoms with Gasteiger partial charge in [0.25, 0.3) is 5.69 Å². The van der Waals surface area contributed by atoms with Crippen LogP contribution in [-0.2, 0) is 11.2 Å². The van der Waals surface area contributed by atoms with Gasteiger partial charge >= 0.3 is 0 Å². The average molecular weight is 278 g/mol. The molecule has 0 heterocycles. The maximum atomic E-state index is 11.6. The Balaban J connectivity index is 2.25. The summed E-state index contributed by atoms with van der Waals surface area (Å²) < 4.78 is 0. The molecular formula is C15H22N2O3. The Morgan fingerprint density at radius 1 is 1.30 bits per heavy atom. The van der Waals surface area contributed by atoms with Crippen molar-refractivity contribution >= 4 is 11.6 Å². The molecule has 5 nitrogen and oxygen atoms in total. The van der Waals surface area contributed by atoms with E-state index in [1.54, 1.807) is 12.1 Å². The van der Waals surface area contributed by atoms with E-state index in [0.717, 1.165) is 24.8 Å². The van der Waals surface area contributed by atoms with Crippen molar-refractivity contribution in [2.75, 3.05) is 6.54 Å². The van der Waals surface area contributed by atoms with Crippen LogP contribution in [0.1, 0.15) is 44.6 Å². The lowest BCUT2D eigenvalue weighted by Gasteiger charge is -2.05. The first-order valence-electron chi connectivity index (χ1n) is 7.13. The average Bonchev–Trinajstić information content (AvgIpc) is 2.44. The highest BCUT2D eigenvalue weighted by Crippen LogP contribution is 2.13. The van der Waals surface area contributed by atoms with Crippen LogP contribution < -0.4 is 5.32 Å². The SMILES string of the molecule is CCCCCCC(=O)NCCc1cccc([N+](=O)[O-])c1. The van der Waals surface area contributed by atoms with Crippen LogP contribution in [0.3, 0.4) is 0 Å². The highest BCUT2D eigenvalue weighted by atomic mass is 16.6. The Bertz CT molecular complexity index is 446. The van der Waals surface area contributed by atoms with Crippen molar-refractivity contribution < 1.29 is 9.72 Å². The number of benzene rings is 1. The van der Waals surface area contributed by atoms with Gasteiger partial charge in [0.2, 0.25) is 5.91 Å². The van der Waals surface area contributed by atoms with Crippen LogP contribution in [0.2, 0.25) is 0 Å². The second-order valence-corrected chi connectivity index (χ2v) is 4.84. The molecule has 1 rings (SSSR count). The highest BCUT2D eigenvalue weighted by molar-refractivity contribution is 5.75. The molecule has 1 amide bonds. The third-order valence-corrected chi connectivity index (χ3v) is 3.11. The Morgan fingerprint density at radius 3 is 2.80 bits per heavy atom. The zero-order valence-electron chi connectivity index (χ0n) is 11.9. The Morgan fingerprint density at radius 2 is 2.10 bits per heavy atom. The minimum Gasteiger partial charge on any atom is -0.356 e. The van der Waals surface area contributed by atoms with E-state index < -0.39 is 4.92 Å². The van der Waals surface area contributed by atoms with Crippen molar-refractivity contribution in [2.45, 2.75) is 45.4 Å². The number of non-ortho nitro benzene ring substituents is 1. The highest BCUT2D eigenvalue weighted by Gasteiger charge is 2.06. The van der Waals surface area contributed by atoms with Crippen molar-refractivity contribution in [3.63, 3.8) is 0 Å². The smallest absolute Gasteiger partial charge is 0.269 e. The summed E-state index contributed by atoms with van der Waals surface area (Å²) in [7, 11) is 0. The number of hydrogen-bond donors (Lipinski definition) is 1. The van der Waals surface area contributed by atoms with Crippen LogP contribution in [0.5, 0.6) is 0 Å². The van der Waals surface area contributed by atoms with Gasteiger partial charge in [-0.05, 0) is 18.4 Å². The molecule has 1 aromatic carbocycles. The summed E-state index contributed by atoms with van der Waals surface area (Å²) in [6.45, 7) is 2.66. The molecule has 0 radical (unpaired) electrons. The van der Waals surface area contributed by atoms with E-state index in [-0.39, 0.29) is 11.6 Å². The predicted molar refractivity (Wildman–Crippen MR) is 78.6 cm³/mol. The summed E-state index contributed by atoms with van der Waals surface area (Å²) in [5, 5.41) is 13.5. The van der Waals surface area contributed by atoms with Gasteiger partial charge in [-0.15, -0.1) is 0 Å². The van der Waals surface area contributed by atoms with E-state index >= 15 is 0 Å². The molecule has 0 saturated carbocycles. The third kappa shape index (κ3) is 6.31. The molecule has 1 N–H and O–H groups in total. The molecule has 5 heteroatoms. The zero-order valence-corrected chi connectivity index (χ0v) is 11.9. The quantitative estimate of drug-likeness (QED) is 0.428. The largest absolute Gasteiger partial charge is 0.356 e. The molecule has 20 heavy (non-hydrogen) atoms. The zero-order chi connectivity index (χ0) is 14.8. The molecule has 0 unspecified atom stereocenters. The number of hydrogen-bond acceptors (Lipinski definition) is 3. The van der Waals surface area contributed by atoms with Gasteiger partial charge in [0.1, 0.15) is 0 Å². The van der Waals surface area contributed by atoms with Gasteiger partial charge in [0.05, 0.1) is 4.92 Å². The van der Waals surface area contributed by atoms with Gasteiger partial charge < -0.3 is 5.32 Å². The van der Waals surface area contributed by atoms with Crippen LogP contribution in [0.4, 0.5) is 5.69 Å². The molecule has 1 aromatic rings. The molecule has 0 aliphatic heterocycles. The van der Waals surface area contributed by atoms with Crippen molar-refractivity contribution in [3.05, 3.63) is 39.9 Å². The van der Waals surface area contributed by atoms with Crippen molar-refractivity contribution in [3.8, 4) is 0 Å². The van der Waals surface area contributed by atoms with Gasteiger partial charge in [-0.3, -0.25) is 14.9 Å². The molecule has 0 spiro atoms. The predicted octanol–water partition coefficient (Wildman–Crippen LogP) is 3.22. The number of carbonyl (C=O) groups excluding carboxylic acids is 1. The van der Waals surface area contributed by atoms with Crippen molar-refractivity contribution in [1.82, 2.24) is 5.32 Å². The molecule has 0 aliphatic rings.